The minimum absolute atomic E-state index is 0.254. The SMILES string of the molecule is COCC(C)Nc1nc(C)cn1CC1Cc2ccccc21. The molecule has 0 bridgehead atoms. The van der Waals surface area contributed by atoms with Gasteiger partial charge in [-0.2, -0.15) is 0 Å². The molecule has 21 heavy (non-hydrogen) atoms. The normalized spacial score (nSPS) is 18.0. The molecule has 0 radical (unpaired) electrons. The number of fused-ring (bicyclic) bond motifs is 1. The topological polar surface area (TPSA) is 39.1 Å². The van der Waals surface area contributed by atoms with Gasteiger partial charge < -0.3 is 14.6 Å². The number of anilines is 1. The van der Waals surface area contributed by atoms with Crippen molar-refractivity contribution in [2.45, 2.75) is 38.8 Å². The van der Waals surface area contributed by atoms with Crippen molar-refractivity contribution in [2.24, 2.45) is 0 Å². The molecule has 4 nitrogen and oxygen atoms in total. The molecule has 1 aromatic carbocycles. The number of aryl methyl sites for hydroxylation is 1. The summed E-state index contributed by atoms with van der Waals surface area (Å²) in [5.41, 5.74) is 4.02. The summed E-state index contributed by atoms with van der Waals surface area (Å²) >= 11 is 0. The molecule has 0 spiro atoms. The maximum atomic E-state index is 5.18. The van der Waals surface area contributed by atoms with E-state index in [4.69, 9.17) is 4.74 Å². The highest BCUT2D eigenvalue weighted by atomic mass is 16.5. The van der Waals surface area contributed by atoms with Crippen LogP contribution in [0.5, 0.6) is 0 Å². The third kappa shape index (κ3) is 2.95. The Bertz CT molecular complexity index is 620. The van der Waals surface area contributed by atoms with Crippen LogP contribution in [-0.2, 0) is 17.7 Å². The Morgan fingerprint density at radius 3 is 3.00 bits per heavy atom. The van der Waals surface area contributed by atoms with Gasteiger partial charge in [-0.25, -0.2) is 4.98 Å². The van der Waals surface area contributed by atoms with Crippen LogP contribution in [0, 0.1) is 6.92 Å². The van der Waals surface area contributed by atoms with Crippen LogP contribution in [0.15, 0.2) is 30.5 Å². The minimum atomic E-state index is 0.254. The Labute approximate surface area is 126 Å². The van der Waals surface area contributed by atoms with Gasteiger partial charge in [-0.3, -0.25) is 0 Å². The van der Waals surface area contributed by atoms with Crippen LogP contribution in [0.2, 0.25) is 0 Å². The van der Waals surface area contributed by atoms with E-state index >= 15 is 0 Å². The Kier molecular flexibility index (Phi) is 3.97. The molecule has 4 heteroatoms. The standard InChI is InChI=1S/C17H23N3O/c1-12-9-20(17(18-12)19-13(2)11-21-3)10-15-8-14-6-4-5-7-16(14)15/h4-7,9,13,15H,8,10-11H2,1-3H3,(H,18,19). The highest BCUT2D eigenvalue weighted by molar-refractivity contribution is 5.40. The second-order valence-electron chi connectivity index (χ2n) is 5.96. The van der Waals surface area contributed by atoms with Crippen molar-refractivity contribution in [2.75, 3.05) is 19.0 Å². The lowest BCUT2D eigenvalue weighted by Gasteiger charge is -2.31. The van der Waals surface area contributed by atoms with Gasteiger partial charge in [0.1, 0.15) is 0 Å². The molecular formula is C17H23N3O. The molecule has 1 aromatic heterocycles. The lowest BCUT2D eigenvalue weighted by molar-refractivity contribution is 0.190. The zero-order valence-corrected chi connectivity index (χ0v) is 13.0. The number of hydrogen-bond donors (Lipinski definition) is 1. The third-order valence-electron chi connectivity index (χ3n) is 4.07. The van der Waals surface area contributed by atoms with E-state index in [0.29, 0.717) is 12.5 Å². The molecule has 0 saturated carbocycles. The van der Waals surface area contributed by atoms with E-state index in [1.165, 1.54) is 17.5 Å². The van der Waals surface area contributed by atoms with Crippen molar-refractivity contribution in [1.82, 2.24) is 9.55 Å². The number of benzene rings is 1. The Hall–Kier alpha value is -1.81. The predicted octanol–water partition coefficient (Wildman–Crippen LogP) is 2.98. The second kappa shape index (κ2) is 5.90. The third-order valence-corrected chi connectivity index (χ3v) is 4.07. The lowest BCUT2D eigenvalue weighted by atomic mass is 9.77. The van der Waals surface area contributed by atoms with E-state index < -0.39 is 0 Å². The molecule has 2 atom stereocenters. The summed E-state index contributed by atoms with van der Waals surface area (Å²) in [6.07, 6.45) is 3.29. The summed E-state index contributed by atoms with van der Waals surface area (Å²) in [4.78, 5) is 4.60. The molecule has 2 unspecified atom stereocenters. The predicted molar refractivity (Wildman–Crippen MR) is 84.8 cm³/mol. The van der Waals surface area contributed by atoms with Gasteiger partial charge in [0.05, 0.1) is 12.3 Å². The molecular weight excluding hydrogens is 262 g/mol. The van der Waals surface area contributed by atoms with E-state index in [-0.39, 0.29) is 6.04 Å². The van der Waals surface area contributed by atoms with Crippen molar-refractivity contribution >= 4 is 5.95 Å². The molecule has 0 saturated heterocycles. The van der Waals surface area contributed by atoms with E-state index in [1.807, 2.05) is 6.92 Å². The van der Waals surface area contributed by atoms with E-state index in [1.54, 1.807) is 7.11 Å². The maximum Gasteiger partial charge on any atom is 0.203 e. The smallest absolute Gasteiger partial charge is 0.203 e. The van der Waals surface area contributed by atoms with Gasteiger partial charge in [0.25, 0.3) is 0 Å². The zero-order chi connectivity index (χ0) is 14.8. The molecule has 112 valence electrons. The Balaban J connectivity index is 1.72. The number of nitrogens with zero attached hydrogens (tertiary/aromatic N) is 2. The molecule has 0 fully saturated rings. The summed E-state index contributed by atoms with van der Waals surface area (Å²) in [7, 11) is 1.72. The second-order valence-corrected chi connectivity index (χ2v) is 5.96. The monoisotopic (exact) mass is 285 g/mol. The van der Waals surface area contributed by atoms with Crippen LogP contribution in [0.3, 0.4) is 0 Å². The van der Waals surface area contributed by atoms with Crippen molar-refractivity contribution in [3.63, 3.8) is 0 Å². The fourth-order valence-electron chi connectivity index (χ4n) is 3.08. The van der Waals surface area contributed by atoms with Gasteiger partial charge in [0, 0.05) is 31.8 Å². The fourth-order valence-corrected chi connectivity index (χ4v) is 3.08. The Morgan fingerprint density at radius 2 is 2.24 bits per heavy atom. The number of aromatic nitrogens is 2. The first-order valence-corrected chi connectivity index (χ1v) is 7.54. The fraction of sp³-hybridized carbons (Fsp3) is 0.471. The quantitative estimate of drug-likeness (QED) is 0.887. The van der Waals surface area contributed by atoms with Crippen LogP contribution < -0.4 is 5.32 Å². The maximum absolute atomic E-state index is 5.18. The van der Waals surface area contributed by atoms with Crippen molar-refractivity contribution in [3.8, 4) is 0 Å². The van der Waals surface area contributed by atoms with Gasteiger partial charge in [-0.15, -0.1) is 0 Å². The van der Waals surface area contributed by atoms with Crippen LogP contribution >= 0.6 is 0 Å². The highest BCUT2D eigenvalue weighted by Gasteiger charge is 2.26. The molecule has 0 amide bonds. The average Bonchev–Trinajstić information content (AvgIpc) is 2.76. The van der Waals surface area contributed by atoms with Crippen LogP contribution in [0.25, 0.3) is 0 Å². The highest BCUT2D eigenvalue weighted by Crippen LogP contribution is 2.36. The van der Waals surface area contributed by atoms with Gasteiger partial charge in [-0.05, 0) is 31.4 Å². The van der Waals surface area contributed by atoms with Gasteiger partial charge >= 0.3 is 0 Å². The molecule has 2 aromatic rings. The molecule has 1 N–H and O–H groups in total. The first-order valence-electron chi connectivity index (χ1n) is 7.54. The summed E-state index contributed by atoms with van der Waals surface area (Å²) in [6, 6.07) is 8.97. The number of hydrogen-bond acceptors (Lipinski definition) is 3. The van der Waals surface area contributed by atoms with E-state index in [2.05, 4.69) is 52.3 Å². The average molecular weight is 285 g/mol. The number of methoxy groups -OCH3 is 1. The van der Waals surface area contributed by atoms with Gasteiger partial charge in [0.2, 0.25) is 5.95 Å². The number of nitrogens with one attached hydrogen (secondary N) is 1. The molecule has 1 aliphatic carbocycles. The summed E-state index contributed by atoms with van der Waals surface area (Å²) in [5, 5.41) is 3.44. The van der Waals surface area contributed by atoms with Crippen LogP contribution in [-0.4, -0.2) is 29.3 Å². The lowest BCUT2D eigenvalue weighted by Crippen LogP contribution is -2.26. The first kappa shape index (κ1) is 14.1. The van der Waals surface area contributed by atoms with Gasteiger partial charge in [-0.1, -0.05) is 24.3 Å². The van der Waals surface area contributed by atoms with E-state index in [9.17, 15) is 0 Å². The minimum Gasteiger partial charge on any atom is -0.383 e. The zero-order valence-electron chi connectivity index (χ0n) is 13.0. The molecule has 0 aliphatic heterocycles. The van der Waals surface area contributed by atoms with Crippen molar-refractivity contribution in [3.05, 3.63) is 47.3 Å². The largest absolute Gasteiger partial charge is 0.383 e. The van der Waals surface area contributed by atoms with Crippen LogP contribution in [0.4, 0.5) is 5.95 Å². The van der Waals surface area contributed by atoms with Crippen LogP contribution in [0.1, 0.15) is 29.7 Å². The molecule has 3 rings (SSSR count). The first-order chi connectivity index (χ1) is 10.2. The number of rotatable bonds is 6. The van der Waals surface area contributed by atoms with Crippen molar-refractivity contribution in [1.29, 1.82) is 0 Å². The molecule has 1 heterocycles. The van der Waals surface area contributed by atoms with Gasteiger partial charge in [0.15, 0.2) is 0 Å². The number of ether oxygens (including phenoxy) is 1. The summed E-state index contributed by atoms with van der Waals surface area (Å²) in [6.45, 7) is 5.81. The molecule has 1 aliphatic rings. The Morgan fingerprint density at radius 1 is 1.43 bits per heavy atom. The van der Waals surface area contributed by atoms with Crippen molar-refractivity contribution < 1.29 is 4.74 Å². The summed E-state index contributed by atoms with van der Waals surface area (Å²) in [5.74, 6) is 1.55. The summed E-state index contributed by atoms with van der Waals surface area (Å²) < 4.78 is 7.42. The number of imidazole rings is 1. The van der Waals surface area contributed by atoms with E-state index in [0.717, 1.165) is 18.2 Å².